The predicted molar refractivity (Wildman–Crippen MR) is 107 cm³/mol. The maximum Gasteiger partial charge on any atom is 0.251 e. The van der Waals surface area contributed by atoms with E-state index >= 15 is 0 Å². The van der Waals surface area contributed by atoms with Crippen LogP contribution in [0.1, 0.15) is 21.7 Å². The number of nitrogens with one attached hydrogen (secondary N) is 2. The van der Waals surface area contributed by atoms with Crippen LogP contribution in [0.2, 0.25) is 5.02 Å². The van der Waals surface area contributed by atoms with E-state index in [9.17, 15) is 13.2 Å². The van der Waals surface area contributed by atoms with Crippen LogP contribution in [0, 0.1) is 0 Å². The second kappa shape index (κ2) is 9.05. The molecule has 0 spiro atoms. The summed E-state index contributed by atoms with van der Waals surface area (Å²) in [5.41, 5.74) is 1.03. The summed E-state index contributed by atoms with van der Waals surface area (Å²) in [4.78, 5) is 12.2. The van der Waals surface area contributed by atoms with Gasteiger partial charge >= 0.3 is 0 Å². The molecule has 1 aromatic heterocycles. The minimum Gasteiger partial charge on any atom is -0.469 e. The van der Waals surface area contributed by atoms with Crippen LogP contribution in [0.5, 0.6) is 0 Å². The number of rotatable bonds is 8. The molecule has 0 aliphatic carbocycles. The van der Waals surface area contributed by atoms with Crippen LogP contribution in [0.25, 0.3) is 0 Å². The van der Waals surface area contributed by atoms with E-state index in [2.05, 4.69) is 10.0 Å². The standard InChI is InChI=1S/C20H19ClN2O4S/c21-18-9-8-16(20(24)22-11-10-17-7-4-12-27-17)13-19(18)28(25,26)23-14-15-5-2-1-3-6-15/h1-9,12-13,23H,10-11,14H2,(H,22,24). The van der Waals surface area contributed by atoms with E-state index in [4.69, 9.17) is 16.0 Å². The number of hydrogen-bond acceptors (Lipinski definition) is 4. The molecule has 0 radical (unpaired) electrons. The summed E-state index contributed by atoms with van der Waals surface area (Å²) in [5.74, 6) is 0.368. The highest BCUT2D eigenvalue weighted by atomic mass is 35.5. The number of furan rings is 1. The van der Waals surface area contributed by atoms with Gasteiger partial charge in [-0.05, 0) is 35.9 Å². The number of carbonyl (C=O) groups excluding carboxylic acids is 1. The molecule has 0 fully saturated rings. The lowest BCUT2D eigenvalue weighted by Crippen LogP contribution is -2.27. The Bertz CT molecular complexity index is 1040. The lowest BCUT2D eigenvalue weighted by Gasteiger charge is -2.11. The van der Waals surface area contributed by atoms with Crippen LogP contribution in [0.4, 0.5) is 0 Å². The highest BCUT2D eigenvalue weighted by molar-refractivity contribution is 7.89. The Kier molecular flexibility index (Phi) is 6.51. The molecule has 0 unspecified atom stereocenters. The average Bonchev–Trinajstić information content (AvgIpc) is 3.21. The molecule has 0 bridgehead atoms. The molecule has 1 amide bonds. The molecule has 0 atom stereocenters. The zero-order valence-corrected chi connectivity index (χ0v) is 16.5. The highest BCUT2D eigenvalue weighted by Gasteiger charge is 2.20. The van der Waals surface area contributed by atoms with Crippen molar-refractivity contribution in [3.8, 4) is 0 Å². The monoisotopic (exact) mass is 418 g/mol. The first kappa shape index (κ1) is 20.1. The molecule has 1 heterocycles. The highest BCUT2D eigenvalue weighted by Crippen LogP contribution is 2.23. The molecule has 0 aliphatic heterocycles. The Morgan fingerprint density at radius 2 is 1.82 bits per heavy atom. The number of halogens is 1. The first-order chi connectivity index (χ1) is 13.5. The van der Waals surface area contributed by atoms with E-state index in [1.54, 1.807) is 12.3 Å². The van der Waals surface area contributed by atoms with Crippen LogP contribution in [0.3, 0.4) is 0 Å². The van der Waals surface area contributed by atoms with Gasteiger partial charge in [-0.2, -0.15) is 0 Å². The minimum atomic E-state index is -3.88. The average molecular weight is 419 g/mol. The van der Waals surface area contributed by atoms with Gasteiger partial charge in [-0.1, -0.05) is 41.9 Å². The fraction of sp³-hybridized carbons (Fsp3) is 0.150. The van der Waals surface area contributed by atoms with Gasteiger partial charge in [0.1, 0.15) is 10.7 Å². The van der Waals surface area contributed by atoms with Crippen LogP contribution >= 0.6 is 11.6 Å². The Morgan fingerprint density at radius 1 is 1.04 bits per heavy atom. The van der Waals surface area contributed by atoms with Crippen molar-refractivity contribution in [1.82, 2.24) is 10.0 Å². The molecule has 3 rings (SSSR count). The Labute approximate surface area is 168 Å². The van der Waals surface area contributed by atoms with Crippen LogP contribution in [0.15, 0.2) is 76.2 Å². The summed E-state index contributed by atoms with van der Waals surface area (Å²) >= 11 is 6.08. The molecule has 3 aromatic rings. The third-order valence-corrected chi connectivity index (χ3v) is 5.91. The number of sulfonamides is 1. The van der Waals surface area contributed by atoms with Gasteiger partial charge in [0.25, 0.3) is 5.91 Å². The van der Waals surface area contributed by atoms with E-state index in [0.29, 0.717) is 13.0 Å². The number of amides is 1. The van der Waals surface area contributed by atoms with E-state index in [0.717, 1.165) is 11.3 Å². The smallest absolute Gasteiger partial charge is 0.251 e. The summed E-state index contributed by atoms with van der Waals surface area (Å²) in [6.07, 6.45) is 2.10. The molecule has 146 valence electrons. The van der Waals surface area contributed by atoms with Gasteiger partial charge in [0.15, 0.2) is 0 Å². The van der Waals surface area contributed by atoms with Crippen molar-refractivity contribution in [3.63, 3.8) is 0 Å². The van der Waals surface area contributed by atoms with Crippen molar-refractivity contribution in [3.05, 3.63) is 88.8 Å². The van der Waals surface area contributed by atoms with Crippen molar-refractivity contribution < 1.29 is 17.6 Å². The van der Waals surface area contributed by atoms with Crippen molar-refractivity contribution in [2.45, 2.75) is 17.9 Å². The molecule has 28 heavy (non-hydrogen) atoms. The normalized spacial score (nSPS) is 11.3. The largest absolute Gasteiger partial charge is 0.469 e. The molecule has 8 heteroatoms. The van der Waals surface area contributed by atoms with Crippen LogP contribution in [-0.2, 0) is 23.0 Å². The molecule has 2 aromatic carbocycles. The Morgan fingerprint density at radius 3 is 2.54 bits per heavy atom. The minimum absolute atomic E-state index is 0.0488. The van der Waals surface area contributed by atoms with E-state index < -0.39 is 10.0 Å². The molecular formula is C20H19ClN2O4S. The summed E-state index contributed by atoms with van der Waals surface area (Å²) in [5, 5.41) is 2.78. The summed E-state index contributed by atoms with van der Waals surface area (Å²) in [7, 11) is -3.88. The lowest BCUT2D eigenvalue weighted by molar-refractivity contribution is 0.0953. The summed E-state index contributed by atoms with van der Waals surface area (Å²) in [6.45, 7) is 0.488. The van der Waals surface area contributed by atoms with Crippen molar-refractivity contribution in [2.24, 2.45) is 0 Å². The fourth-order valence-corrected chi connectivity index (χ4v) is 4.10. The fourth-order valence-electron chi connectivity index (χ4n) is 2.56. The molecule has 0 saturated carbocycles. The molecule has 0 saturated heterocycles. The maximum atomic E-state index is 12.6. The molecule has 6 nitrogen and oxygen atoms in total. The van der Waals surface area contributed by atoms with Gasteiger partial charge in [0.2, 0.25) is 10.0 Å². The van der Waals surface area contributed by atoms with Crippen molar-refractivity contribution >= 4 is 27.5 Å². The Hall–Kier alpha value is -2.61. The third kappa shape index (κ3) is 5.22. The predicted octanol–water partition coefficient (Wildman–Crippen LogP) is 3.38. The number of hydrogen-bond donors (Lipinski definition) is 2. The van der Waals surface area contributed by atoms with E-state index in [-0.39, 0.29) is 27.9 Å². The first-order valence-corrected chi connectivity index (χ1v) is 10.5. The van der Waals surface area contributed by atoms with Crippen molar-refractivity contribution in [1.29, 1.82) is 0 Å². The topological polar surface area (TPSA) is 88.4 Å². The summed E-state index contributed by atoms with van der Waals surface area (Å²) in [6, 6.07) is 16.9. The van der Waals surface area contributed by atoms with Gasteiger partial charge in [0.05, 0.1) is 11.3 Å². The van der Waals surface area contributed by atoms with Gasteiger partial charge in [-0.3, -0.25) is 4.79 Å². The zero-order valence-electron chi connectivity index (χ0n) is 14.9. The SMILES string of the molecule is O=C(NCCc1ccco1)c1ccc(Cl)c(S(=O)(=O)NCc2ccccc2)c1. The van der Waals surface area contributed by atoms with Gasteiger partial charge in [-0.15, -0.1) is 0 Å². The Balaban J connectivity index is 1.68. The van der Waals surface area contributed by atoms with Crippen molar-refractivity contribution in [2.75, 3.05) is 6.54 Å². The second-order valence-electron chi connectivity index (χ2n) is 6.04. The first-order valence-electron chi connectivity index (χ1n) is 8.59. The van der Waals surface area contributed by atoms with Crippen LogP contribution < -0.4 is 10.0 Å². The number of benzene rings is 2. The molecule has 0 aliphatic rings. The quantitative estimate of drug-likeness (QED) is 0.587. The third-order valence-electron chi connectivity index (χ3n) is 4.03. The summed E-state index contributed by atoms with van der Waals surface area (Å²) < 4.78 is 33.0. The van der Waals surface area contributed by atoms with E-state index in [1.807, 2.05) is 36.4 Å². The van der Waals surface area contributed by atoms with Gasteiger partial charge in [-0.25, -0.2) is 13.1 Å². The molecular weight excluding hydrogens is 400 g/mol. The lowest BCUT2D eigenvalue weighted by atomic mass is 10.2. The van der Waals surface area contributed by atoms with E-state index in [1.165, 1.54) is 18.2 Å². The molecule has 2 N–H and O–H groups in total. The zero-order chi connectivity index (χ0) is 20.0. The second-order valence-corrected chi connectivity index (χ2v) is 8.18. The maximum absolute atomic E-state index is 12.6. The van der Waals surface area contributed by atoms with Gasteiger partial charge < -0.3 is 9.73 Å². The van der Waals surface area contributed by atoms with Crippen LogP contribution in [-0.4, -0.2) is 20.9 Å². The number of carbonyl (C=O) groups is 1. The van der Waals surface area contributed by atoms with Gasteiger partial charge in [0, 0.05) is 25.1 Å².